The molecule has 1 atom stereocenters. The van der Waals surface area contributed by atoms with E-state index in [2.05, 4.69) is 23.0 Å². The Bertz CT molecular complexity index is 1130. The standard InChI is InChI=1S/C22H24N4O3S/c1-3-29-21(28)16-11-24-22(25-20(16)23)30-12-19(27)26-17-7-5-4-6-14(17)15-10-13(2)8-9-18(15)26/h4-7,11,13H,3,8-10,12H2,1-2H3,(H2,23,24,25)/t13-/m1/s1. The van der Waals surface area contributed by atoms with Gasteiger partial charge in [-0.1, -0.05) is 36.9 Å². The van der Waals surface area contributed by atoms with E-state index in [-0.39, 0.29) is 29.6 Å². The molecule has 1 aliphatic rings. The molecule has 8 heteroatoms. The average Bonchev–Trinajstić information content (AvgIpc) is 3.06. The third-order valence-electron chi connectivity index (χ3n) is 5.38. The Morgan fingerprint density at radius 2 is 2.13 bits per heavy atom. The molecule has 2 aromatic heterocycles. The summed E-state index contributed by atoms with van der Waals surface area (Å²) >= 11 is 1.21. The molecule has 0 spiro atoms. The molecule has 0 radical (unpaired) electrons. The van der Waals surface area contributed by atoms with Crippen LogP contribution in [0.3, 0.4) is 0 Å². The van der Waals surface area contributed by atoms with Gasteiger partial charge in [0.1, 0.15) is 11.4 Å². The SMILES string of the molecule is CCOC(=O)c1cnc(SCC(=O)n2c3c(c4ccccc42)C[C@H](C)CC3)nc1N. The molecule has 0 unspecified atom stereocenters. The maximum atomic E-state index is 13.2. The number of ether oxygens (including phenoxy) is 1. The fraction of sp³-hybridized carbons (Fsp3) is 0.364. The predicted octanol–water partition coefficient (Wildman–Crippen LogP) is 3.75. The van der Waals surface area contributed by atoms with E-state index in [0.717, 1.165) is 35.9 Å². The molecule has 0 aliphatic heterocycles. The lowest BCUT2D eigenvalue weighted by molar-refractivity contribution is 0.0526. The highest BCUT2D eigenvalue weighted by molar-refractivity contribution is 7.99. The summed E-state index contributed by atoms with van der Waals surface area (Å²) < 4.78 is 6.79. The maximum Gasteiger partial charge on any atom is 0.343 e. The normalized spacial score (nSPS) is 15.7. The lowest BCUT2D eigenvalue weighted by atomic mass is 9.88. The third kappa shape index (κ3) is 3.79. The molecule has 0 amide bonds. The molecular weight excluding hydrogens is 400 g/mol. The van der Waals surface area contributed by atoms with E-state index in [4.69, 9.17) is 10.5 Å². The van der Waals surface area contributed by atoms with E-state index in [1.54, 1.807) is 6.92 Å². The second-order valence-electron chi connectivity index (χ2n) is 7.48. The summed E-state index contributed by atoms with van der Waals surface area (Å²) in [4.78, 5) is 33.3. The fourth-order valence-electron chi connectivity index (χ4n) is 3.97. The number of hydrogen-bond donors (Lipinski definition) is 1. The molecule has 156 valence electrons. The first-order valence-electron chi connectivity index (χ1n) is 10.1. The highest BCUT2D eigenvalue weighted by Gasteiger charge is 2.26. The van der Waals surface area contributed by atoms with Gasteiger partial charge in [-0.15, -0.1) is 0 Å². The Morgan fingerprint density at radius 1 is 1.33 bits per heavy atom. The van der Waals surface area contributed by atoms with Crippen LogP contribution in [0.4, 0.5) is 5.82 Å². The van der Waals surface area contributed by atoms with Gasteiger partial charge in [0.25, 0.3) is 0 Å². The van der Waals surface area contributed by atoms with Crippen LogP contribution in [0.2, 0.25) is 0 Å². The highest BCUT2D eigenvalue weighted by Crippen LogP contribution is 2.34. The van der Waals surface area contributed by atoms with Crippen LogP contribution in [0.25, 0.3) is 10.9 Å². The molecule has 0 saturated carbocycles. The molecule has 7 nitrogen and oxygen atoms in total. The smallest absolute Gasteiger partial charge is 0.343 e. The number of carbonyl (C=O) groups is 2. The van der Waals surface area contributed by atoms with Crippen molar-refractivity contribution in [1.29, 1.82) is 0 Å². The molecular formula is C22H24N4O3S. The second-order valence-corrected chi connectivity index (χ2v) is 8.42. The van der Waals surface area contributed by atoms with Crippen molar-refractivity contribution in [2.24, 2.45) is 5.92 Å². The molecule has 0 fully saturated rings. The lowest BCUT2D eigenvalue weighted by Crippen LogP contribution is -2.20. The van der Waals surface area contributed by atoms with Crippen LogP contribution in [-0.4, -0.2) is 38.8 Å². The van der Waals surface area contributed by atoms with E-state index >= 15 is 0 Å². The Labute approximate surface area is 179 Å². The second kappa shape index (κ2) is 8.47. The molecule has 2 N–H and O–H groups in total. The summed E-state index contributed by atoms with van der Waals surface area (Å²) in [6.07, 6.45) is 4.33. The van der Waals surface area contributed by atoms with Gasteiger partial charge in [-0.3, -0.25) is 9.36 Å². The third-order valence-corrected chi connectivity index (χ3v) is 6.23. The van der Waals surface area contributed by atoms with Crippen molar-refractivity contribution >= 4 is 40.4 Å². The Morgan fingerprint density at radius 3 is 2.90 bits per heavy atom. The minimum atomic E-state index is -0.553. The van der Waals surface area contributed by atoms with Crippen LogP contribution >= 0.6 is 11.8 Å². The van der Waals surface area contributed by atoms with Crippen molar-refractivity contribution in [2.75, 3.05) is 18.1 Å². The van der Waals surface area contributed by atoms with Gasteiger partial charge >= 0.3 is 5.97 Å². The number of nitrogens with two attached hydrogens (primary N) is 1. The van der Waals surface area contributed by atoms with Crippen molar-refractivity contribution in [3.63, 3.8) is 0 Å². The minimum absolute atomic E-state index is 0.0105. The Kier molecular flexibility index (Phi) is 5.76. The Hall–Kier alpha value is -2.87. The van der Waals surface area contributed by atoms with Gasteiger partial charge in [-0.2, -0.15) is 0 Å². The van der Waals surface area contributed by atoms with Gasteiger partial charge in [0.05, 0.1) is 17.9 Å². The fourth-order valence-corrected chi connectivity index (χ4v) is 4.64. The molecule has 0 bridgehead atoms. The number of carbonyl (C=O) groups excluding carboxylic acids is 2. The number of thioether (sulfide) groups is 1. The highest BCUT2D eigenvalue weighted by atomic mass is 32.2. The number of anilines is 1. The first kappa shape index (κ1) is 20.4. The lowest BCUT2D eigenvalue weighted by Gasteiger charge is -2.20. The van der Waals surface area contributed by atoms with Gasteiger partial charge < -0.3 is 10.5 Å². The molecule has 4 rings (SSSR count). The van der Waals surface area contributed by atoms with Gasteiger partial charge in [0, 0.05) is 17.3 Å². The summed E-state index contributed by atoms with van der Waals surface area (Å²) in [6, 6.07) is 8.09. The van der Waals surface area contributed by atoms with Crippen LogP contribution in [-0.2, 0) is 17.6 Å². The number of aromatic nitrogens is 3. The topological polar surface area (TPSA) is 100 Å². The number of nitrogens with zero attached hydrogens (tertiary/aromatic N) is 3. The summed E-state index contributed by atoms with van der Waals surface area (Å²) in [5.41, 5.74) is 9.38. The van der Waals surface area contributed by atoms with E-state index in [0.29, 0.717) is 11.1 Å². The van der Waals surface area contributed by atoms with E-state index in [1.165, 1.54) is 23.5 Å². The van der Waals surface area contributed by atoms with Gasteiger partial charge in [0.2, 0.25) is 5.91 Å². The number of nitrogen functional groups attached to an aromatic ring is 1. The molecule has 30 heavy (non-hydrogen) atoms. The van der Waals surface area contributed by atoms with Crippen molar-refractivity contribution in [3.05, 3.63) is 47.3 Å². The zero-order valence-corrected chi connectivity index (χ0v) is 17.9. The van der Waals surface area contributed by atoms with Crippen LogP contribution in [0.5, 0.6) is 0 Å². The van der Waals surface area contributed by atoms with Crippen LogP contribution in [0, 0.1) is 5.92 Å². The van der Waals surface area contributed by atoms with E-state index < -0.39 is 5.97 Å². The summed E-state index contributed by atoms with van der Waals surface area (Å²) in [6.45, 7) is 4.22. The summed E-state index contributed by atoms with van der Waals surface area (Å²) in [5, 5.41) is 1.52. The maximum absolute atomic E-state index is 13.2. The molecule has 2 heterocycles. The molecule has 1 aromatic carbocycles. The summed E-state index contributed by atoms with van der Waals surface area (Å²) in [5.74, 6) is 0.288. The van der Waals surface area contributed by atoms with Gasteiger partial charge in [-0.05, 0) is 43.7 Å². The zero-order chi connectivity index (χ0) is 21.3. The van der Waals surface area contributed by atoms with Crippen LogP contribution in [0.15, 0.2) is 35.6 Å². The number of esters is 1. The zero-order valence-electron chi connectivity index (χ0n) is 17.1. The number of para-hydroxylation sites is 1. The predicted molar refractivity (Wildman–Crippen MR) is 117 cm³/mol. The Balaban J connectivity index is 1.56. The van der Waals surface area contributed by atoms with Crippen molar-refractivity contribution in [2.45, 2.75) is 38.3 Å². The molecule has 1 aliphatic carbocycles. The van der Waals surface area contributed by atoms with E-state index in [9.17, 15) is 9.59 Å². The number of hydrogen-bond acceptors (Lipinski definition) is 7. The summed E-state index contributed by atoms with van der Waals surface area (Å²) in [7, 11) is 0. The van der Waals surface area contributed by atoms with Crippen LogP contribution < -0.4 is 5.73 Å². The van der Waals surface area contributed by atoms with E-state index in [1.807, 2.05) is 22.8 Å². The van der Waals surface area contributed by atoms with Crippen molar-refractivity contribution in [3.8, 4) is 0 Å². The van der Waals surface area contributed by atoms with Gasteiger partial charge in [0.15, 0.2) is 5.16 Å². The number of rotatable bonds is 5. The van der Waals surface area contributed by atoms with Gasteiger partial charge in [-0.25, -0.2) is 14.8 Å². The number of fused-ring (bicyclic) bond motifs is 3. The molecule has 3 aromatic rings. The minimum Gasteiger partial charge on any atom is -0.462 e. The average molecular weight is 425 g/mol. The van der Waals surface area contributed by atoms with Crippen molar-refractivity contribution in [1.82, 2.24) is 14.5 Å². The quantitative estimate of drug-likeness (QED) is 0.378. The number of benzene rings is 1. The first-order chi connectivity index (χ1) is 14.5. The van der Waals surface area contributed by atoms with Crippen molar-refractivity contribution < 1.29 is 14.3 Å². The monoisotopic (exact) mass is 424 g/mol. The molecule has 0 saturated heterocycles. The van der Waals surface area contributed by atoms with Crippen LogP contribution in [0.1, 0.15) is 46.7 Å². The first-order valence-corrected chi connectivity index (χ1v) is 11.0. The largest absolute Gasteiger partial charge is 0.462 e.